The van der Waals surface area contributed by atoms with Crippen LogP contribution in [-0.4, -0.2) is 60.4 Å². The Morgan fingerprint density at radius 3 is 2.29 bits per heavy atom. The number of ether oxygens (including phenoxy) is 1. The number of likely N-dealkylation sites (tertiary alicyclic amines) is 1. The van der Waals surface area contributed by atoms with Crippen LogP contribution < -0.4 is 4.74 Å². The summed E-state index contributed by atoms with van der Waals surface area (Å²) in [5.74, 6) is -0.683. The number of rotatable bonds is 8. The lowest BCUT2D eigenvalue weighted by atomic mass is 9.85. The standard InChI is InChI=1S/C29H38N2O4/c1-8-17-35-22-13-14-23(19(2)18-22)26(32)24-25(20-9-11-21(12-10-20)29(3,4)5)31(16-15-30(6)7)28(34)27(24)33/h9-14,18,25,32H,8,15-17H2,1-7H3/t25-/m1/s1. The molecule has 1 fully saturated rings. The molecule has 1 amide bonds. The second-order valence-electron chi connectivity index (χ2n) is 10.5. The Kier molecular flexibility index (Phi) is 8.06. The molecule has 1 atom stereocenters. The lowest BCUT2D eigenvalue weighted by Gasteiger charge is -2.27. The number of ketones is 1. The third-order valence-electron chi connectivity index (χ3n) is 6.35. The number of aryl methyl sites for hydroxylation is 1. The molecule has 0 unspecified atom stereocenters. The number of aliphatic hydroxyl groups is 1. The molecule has 0 spiro atoms. The fraction of sp³-hybridized carbons (Fsp3) is 0.448. The maximum atomic E-state index is 13.3. The molecule has 188 valence electrons. The minimum Gasteiger partial charge on any atom is -0.507 e. The van der Waals surface area contributed by atoms with E-state index < -0.39 is 17.7 Å². The Hall–Kier alpha value is -3.12. The van der Waals surface area contributed by atoms with Crippen LogP contribution in [-0.2, 0) is 15.0 Å². The summed E-state index contributed by atoms with van der Waals surface area (Å²) in [5, 5.41) is 11.4. The van der Waals surface area contributed by atoms with Crippen LogP contribution in [0.2, 0.25) is 0 Å². The second-order valence-corrected chi connectivity index (χ2v) is 10.5. The summed E-state index contributed by atoms with van der Waals surface area (Å²) in [6.45, 7) is 11.9. The van der Waals surface area contributed by atoms with Gasteiger partial charge in [0.05, 0.1) is 18.2 Å². The van der Waals surface area contributed by atoms with Crippen LogP contribution >= 0.6 is 0 Å². The molecular formula is C29H38N2O4. The predicted octanol–water partition coefficient (Wildman–Crippen LogP) is 5.06. The van der Waals surface area contributed by atoms with Gasteiger partial charge < -0.3 is 19.6 Å². The molecule has 6 nitrogen and oxygen atoms in total. The molecule has 0 bridgehead atoms. The van der Waals surface area contributed by atoms with E-state index in [-0.39, 0.29) is 16.7 Å². The van der Waals surface area contributed by atoms with E-state index in [0.717, 1.165) is 23.1 Å². The Bertz CT molecular complexity index is 1110. The number of Topliss-reactive ketones (excluding diaryl/α,β-unsaturated/α-hetero) is 1. The molecular weight excluding hydrogens is 440 g/mol. The molecule has 0 saturated carbocycles. The van der Waals surface area contributed by atoms with Crippen LogP contribution in [0.1, 0.15) is 62.4 Å². The fourth-order valence-electron chi connectivity index (χ4n) is 4.29. The van der Waals surface area contributed by atoms with Gasteiger partial charge in [-0.2, -0.15) is 0 Å². The molecule has 1 saturated heterocycles. The number of hydrogen-bond acceptors (Lipinski definition) is 5. The highest BCUT2D eigenvalue weighted by Crippen LogP contribution is 2.40. The Morgan fingerprint density at radius 2 is 1.74 bits per heavy atom. The van der Waals surface area contributed by atoms with Gasteiger partial charge in [-0.1, -0.05) is 52.0 Å². The first-order valence-electron chi connectivity index (χ1n) is 12.2. The van der Waals surface area contributed by atoms with Gasteiger partial charge in [0.1, 0.15) is 11.5 Å². The first-order valence-corrected chi connectivity index (χ1v) is 12.2. The first kappa shape index (κ1) is 26.5. The number of carbonyl (C=O) groups is 2. The van der Waals surface area contributed by atoms with Crippen LogP contribution in [0.3, 0.4) is 0 Å². The molecule has 35 heavy (non-hydrogen) atoms. The summed E-state index contributed by atoms with van der Waals surface area (Å²) in [4.78, 5) is 29.9. The fourth-order valence-corrected chi connectivity index (χ4v) is 4.29. The molecule has 1 N–H and O–H groups in total. The largest absolute Gasteiger partial charge is 0.507 e. The highest BCUT2D eigenvalue weighted by atomic mass is 16.5. The third kappa shape index (κ3) is 5.76. The van der Waals surface area contributed by atoms with Crippen molar-refractivity contribution in [3.05, 3.63) is 70.3 Å². The molecule has 1 aliphatic rings. The summed E-state index contributed by atoms with van der Waals surface area (Å²) < 4.78 is 5.70. The molecule has 2 aromatic carbocycles. The Labute approximate surface area is 209 Å². The molecule has 0 radical (unpaired) electrons. The van der Waals surface area contributed by atoms with E-state index in [1.54, 1.807) is 17.0 Å². The Morgan fingerprint density at radius 1 is 1.09 bits per heavy atom. The molecule has 1 heterocycles. The summed E-state index contributed by atoms with van der Waals surface area (Å²) in [5.41, 5.74) is 3.36. The van der Waals surface area contributed by atoms with Gasteiger partial charge >= 0.3 is 0 Å². The van der Waals surface area contributed by atoms with Crippen molar-refractivity contribution >= 4 is 17.4 Å². The maximum Gasteiger partial charge on any atom is 0.295 e. The van der Waals surface area contributed by atoms with Gasteiger partial charge in [-0.3, -0.25) is 9.59 Å². The number of aliphatic hydroxyl groups excluding tert-OH is 1. The van der Waals surface area contributed by atoms with E-state index in [1.165, 1.54) is 0 Å². The lowest BCUT2D eigenvalue weighted by molar-refractivity contribution is -0.140. The van der Waals surface area contributed by atoms with Crippen LogP contribution in [0.5, 0.6) is 5.75 Å². The zero-order valence-electron chi connectivity index (χ0n) is 22.0. The van der Waals surface area contributed by atoms with Gasteiger partial charge in [0.15, 0.2) is 0 Å². The average Bonchev–Trinajstić information content (AvgIpc) is 3.05. The Balaban J connectivity index is 2.12. The maximum absolute atomic E-state index is 13.3. The minimum atomic E-state index is -0.656. The van der Waals surface area contributed by atoms with Crippen molar-refractivity contribution in [2.24, 2.45) is 0 Å². The molecule has 6 heteroatoms. The SMILES string of the molecule is CCCOc1ccc(C(O)=C2C(=O)C(=O)N(CCN(C)C)[C@@H]2c2ccc(C(C)(C)C)cc2)c(C)c1. The second kappa shape index (κ2) is 10.6. The van der Waals surface area contributed by atoms with Crippen molar-refractivity contribution in [2.45, 2.75) is 52.5 Å². The summed E-state index contributed by atoms with van der Waals surface area (Å²) in [6, 6.07) is 12.7. The monoisotopic (exact) mass is 478 g/mol. The van der Waals surface area contributed by atoms with E-state index in [2.05, 4.69) is 20.8 Å². The minimum absolute atomic E-state index is 0.0238. The third-order valence-corrected chi connectivity index (χ3v) is 6.35. The number of carbonyl (C=O) groups excluding carboxylic acids is 2. The molecule has 0 aliphatic carbocycles. The molecule has 0 aromatic heterocycles. The smallest absolute Gasteiger partial charge is 0.295 e. The zero-order valence-corrected chi connectivity index (χ0v) is 22.0. The lowest BCUT2D eigenvalue weighted by Crippen LogP contribution is -2.35. The number of nitrogens with zero attached hydrogens (tertiary/aromatic N) is 2. The van der Waals surface area contributed by atoms with Gasteiger partial charge in [-0.25, -0.2) is 0 Å². The average molecular weight is 479 g/mol. The highest BCUT2D eigenvalue weighted by molar-refractivity contribution is 6.46. The van der Waals surface area contributed by atoms with Gasteiger partial charge in [0.25, 0.3) is 11.7 Å². The van der Waals surface area contributed by atoms with Crippen molar-refractivity contribution in [1.82, 2.24) is 9.80 Å². The normalized spacial score (nSPS) is 17.9. The van der Waals surface area contributed by atoms with Crippen molar-refractivity contribution < 1.29 is 19.4 Å². The van der Waals surface area contributed by atoms with Crippen LogP contribution in [0, 0.1) is 6.92 Å². The topological polar surface area (TPSA) is 70.1 Å². The van der Waals surface area contributed by atoms with Gasteiger partial charge in [-0.15, -0.1) is 0 Å². The van der Waals surface area contributed by atoms with Crippen LogP contribution in [0.4, 0.5) is 0 Å². The van der Waals surface area contributed by atoms with Crippen molar-refractivity contribution in [3.8, 4) is 5.75 Å². The molecule has 3 rings (SSSR count). The summed E-state index contributed by atoms with van der Waals surface area (Å²) >= 11 is 0. The summed E-state index contributed by atoms with van der Waals surface area (Å²) in [6.07, 6.45) is 0.894. The zero-order chi connectivity index (χ0) is 25.9. The summed E-state index contributed by atoms with van der Waals surface area (Å²) in [7, 11) is 3.85. The molecule has 1 aliphatic heterocycles. The van der Waals surface area contributed by atoms with Gasteiger partial charge in [-0.05, 0) is 67.7 Å². The van der Waals surface area contributed by atoms with Crippen molar-refractivity contribution in [2.75, 3.05) is 33.8 Å². The van der Waals surface area contributed by atoms with Crippen molar-refractivity contribution in [1.29, 1.82) is 0 Å². The molecule has 2 aromatic rings. The van der Waals surface area contributed by atoms with Crippen molar-refractivity contribution in [3.63, 3.8) is 0 Å². The number of likely N-dealkylation sites (N-methyl/N-ethyl adjacent to an activating group) is 1. The van der Waals surface area contributed by atoms with E-state index in [9.17, 15) is 14.7 Å². The van der Waals surface area contributed by atoms with E-state index in [4.69, 9.17) is 4.74 Å². The number of benzene rings is 2. The first-order chi connectivity index (χ1) is 16.5. The number of hydrogen-bond donors (Lipinski definition) is 1. The van der Waals surface area contributed by atoms with Crippen LogP contribution in [0.25, 0.3) is 5.76 Å². The van der Waals surface area contributed by atoms with Gasteiger partial charge in [0.2, 0.25) is 0 Å². The highest BCUT2D eigenvalue weighted by Gasteiger charge is 2.46. The van der Waals surface area contributed by atoms with E-state index in [0.29, 0.717) is 31.0 Å². The number of amides is 1. The van der Waals surface area contributed by atoms with E-state index in [1.807, 2.05) is 63.2 Å². The predicted molar refractivity (Wildman–Crippen MR) is 140 cm³/mol. The quantitative estimate of drug-likeness (QED) is 0.326. The van der Waals surface area contributed by atoms with Crippen LogP contribution in [0.15, 0.2) is 48.0 Å². The van der Waals surface area contributed by atoms with E-state index >= 15 is 0 Å². The van der Waals surface area contributed by atoms with Gasteiger partial charge in [0, 0.05) is 18.7 Å².